The number of carbonyl (C=O) groups is 2. The Hall–Kier alpha value is -1.74. The number of ether oxygens (including phenoxy) is 1. The van der Waals surface area contributed by atoms with Gasteiger partial charge in [0.15, 0.2) is 0 Å². The first-order valence-corrected chi connectivity index (χ1v) is 8.82. The van der Waals surface area contributed by atoms with Crippen molar-refractivity contribution in [1.82, 2.24) is 20.4 Å². The lowest BCUT2D eigenvalue weighted by atomic mass is 9.97. The van der Waals surface area contributed by atoms with Crippen molar-refractivity contribution in [3.63, 3.8) is 0 Å². The van der Waals surface area contributed by atoms with E-state index in [0.29, 0.717) is 24.8 Å². The summed E-state index contributed by atoms with van der Waals surface area (Å²) < 4.78 is 5.50. The van der Waals surface area contributed by atoms with Gasteiger partial charge in [0.1, 0.15) is 5.51 Å². The molecule has 2 aliphatic heterocycles. The van der Waals surface area contributed by atoms with Crippen molar-refractivity contribution in [2.45, 2.75) is 31.8 Å². The van der Waals surface area contributed by atoms with Crippen LogP contribution in [0, 0.1) is 5.92 Å². The van der Waals surface area contributed by atoms with E-state index in [1.807, 2.05) is 0 Å². The molecule has 1 aromatic heterocycles. The third kappa shape index (κ3) is 4.38. The molecular formula is C14H21N5O3S. The minimum absolute atomic E-state index is 0.0987. The number of hydrogen-bond acceptors (Lipinski definition) is 6. The number of hydrogen-bond donors (Lipinski definition) is 2. The molecule has 23 heavy (non-hydrogen) atoms. The molecule has 0 saturated carbocycles. The molecule has 2 atom stereocenters. The lowest BCUT2D eigenvalue weighted by Gasteiger charge is -2.32. The Morgan fingerprint density at radius 2 is 2.30 bits per heavy atom. The van der Waals surface area contributed by atoms with E-state index in [9.17, 15) is 9.59 Å². The SMILES string of the molecule is O=C(Nc1nncs1)[C@H]1CCCN(C(=O)NC[C@@H]2CCCO2)C1. The molecule has 2 fully saturated rings. The topological polar surface area (TPSA) is 96.5 Å². The third-order valence-electron chi connectivity index (χ3n) is 4.17. The second-order valence-corrected chi connectivity index (χ2v) is 6.67. The van der Waals surface area contributed by atoms with Gasteiger partial charge < -0.3 is 20.3 Å². The molecule has 126 valence electrons. The van der Waals surface area contributed by atoms with Crippen LogP contribution in [-0.2, 0) is 9.53 Å². The molecule has 1 aromatic rings. The first kappa shape index (κ1) is 16.1. The lowest BCUT2D eigenvalue weighted by molar-refractivity contribution is -0.121. The number of carbonyl (C=O) groups excluding carboxylic acids is 2. The highest BCUT2D eigenvalue weighted by molar-refractivity contribution is 7.13. The molecule has 2 saturated heterocycles. The number of amides is 3. The first-order chi connectivity index (χ1) is 11.2. The minimum Gasteiger partial charge on any atom is -0.376 e. The number of rotatable bonds is 4. The molecule has 8 nitrogen and oxygen atoms in total. The van der Waals surface area contributed by atoms with Crippen molar-refractivity contribution in [2.24, 2.45) is 5.92 Å². The van der Waals surface area contributed by atoms with E-state index in [-0.39, 0.29) is 24.0 Å². The molecule has 9 heteroatoms. The molecule has 2 aliphatic rings. The minimum atomic E-state index is -0.207. The van der Waals surface area contributed by atoms with Gasteiger partial charge in [-0.05, 0) is 25.7 Å². The molecule has 3 amide bonds. The van der Waals surface area contributed by atoms with Crippen molar-refractivity contribution < 1.29 is 14.3 Å². The van der Waals surface area contributed by atoms with E-state index in [2.05, 4.69) is 20.8 Å². The van der Waals surface area contributed by atoms with Gasteiger partial charge in [0.05, 0.1) is 12.0 Å². The third-order valence-corrected chi connectivity index (χ3v) is 4.78. The van der Waals surface area contributed by atoms with Crippen molar-refractivity contribution >= 4 is 28.4 Å². The normalized spacial score (nSPS) is 24.4. The number of nitrogens with zero attached hydrogens (tertiary/aromatic N) is 3. The molecule has 0 radical (unpaired) electrons. The van der Waals surface area contributed by atoms with Crippen LogP contribution >= 0.6 is 11.3 Å². The Balaban J connectivity index is 1.46. The zero-order chi connectivity index (χ0) is 16.1. The Morgan fingerprint density at radius 1 is 1.39 bits per heavy atom. The van der Waals surface area contributed by atoms with E-state index in [1.54, 1.807) is 10.4 Å². The summed E-state index contributed by atoms with van der Waals surface area (Å²) in [6.07, 6.45) is 3.77. The van der Waals surface area contributed by atoms with Crippen molar-refractivity contribution in [3.8, 4) is 0 Å². The molecule has 2 N–H and O–H groups in total. The number of likely N-dealkylation sites (tertiary alicyclic amines) is 1. The second-order valence-electron chi connectivity index (χ2n) is 5.84. The van der Waals surface area contributed by atoms with Crippen molar-refractivity contribution in [1.29, 1.82) is 0 Å². The van der Waals surface area contributed by atoms with E-state index >= 15 is 0 Å². The number of nitrogens with one attached hydrogen (secondary N) is 2. The Kier molecular flexibility index (Phi) is 5.39. The maximum absolute atomic E-state index is 12.3. The molecular weight excluding hydrogens is 318 g/mol. The number of anilines is 1. The summed E-state index contributed by atoms with van der Waals surface area (Å²) in [5.41, 5.74) is 1.57. The largest absolute Gasteiger partial charge is 0.376 e. The highest BCUT2D eigenvalue weighted by atomic mass is 32.1. The quantitative estimate of drug-likeness (QED) is 0.855. The molecule has 0 unspecified atom stereocenters. The number of piperidine rings is 1. The van der Waals surface area contributed by atoms with E-state index in [0.717, 1.165) is 32.3 Å². The predicted octanol–water partition coefficient (Wildman–Crippen LogP) is 1.08. The van der Waals surface area contributed by atoms with Gasteiger partial charge in [-0.3, -0.25) is 4.79 Å². The first-order valence-electron chi connectivity index (χ1n) is 7.94. The number of urea groups is 1. The van der Waals surface area contributed by atoms with Crippen LogP contribution in [0.1, 0.15) is 25.7 Å². The van der Waals surface area contributed by atoms with Gasteiger partial charge in [0, 0.05) is 26.2 Å². The average molecular weight is 339 g/mol. The van der Waals surface area contributed by atoms with Gasteiger partial charge in [-0.25, -0.2) is 4.79 Å². The summed E-state index contributed by atoms with van der Waals surface area (Å²) >= 11 is 1.28. The zero-order valence-electron chi connectivity index (χ0n) is 12.9. The maximum Gasteiger partial charge on any atom is 0.317 e. The van der Waals surface area contributed by atoms with Gasteiger partial charge in [-0.2, -0.15) is 0 Å². The fraction of sp³-hybridized carbons (Fsp3) is 0.714. The Labute approximate surface area is 138 Å². The monoisotopic (exact) mass is 339 g/mol. The van der Waals surface area contributed by atoms with Crippen LogP contribution in [0.5, 0.6) is 0 Å². The van der Waals surface area contributed by atoms with Crippen LogP contribution in [0.4, 0.5) is 9.93 Å². The van der Waals surface area contributed by atoms with Gasteiger partial charge in [-0.15, -0.1) is 10.2 Å². The van der Waals surface area contributed by atoms with Crippen molar-refractivity contribution in [3.05, 3.63) is 5.51 Å². The van der Waals surface area contributed by atoms with Gasteiger partial charge >= 0.3 is 6.03 Å². The number of aromatic nitrogens is 2. The Bertz CT molecular complexity index is 533. The molecule has 0 bridgehead atoms. The van der Waals surface area contributed by atoms with E-state index in [1.165, 1.54) is 11.3 Å². The lowest BCUT2D eigenvalue weighted by Crippen LogP contribution is -2.49. The van der Waals surface area contributed by atoms with Crippen LogP contribution in [0.25, 0.3) is 0 Å². The average Bonchev–Trinajstić information content (AvgIpc) is 3.26. The van der Waals surface area contributed by atoms with Gasteiger partial charge in [0.2, 0.25) is 11.0 Å². The second kappa shape index (κ2) is 7.69. The molecule has 0 aromatic carbocycles. The van der Waals surface area contributed by atoms with Gasteiger partial charge in [0.25, 0.3) is 0 Å². The summed E-state index contributed by atoms with van der Waals surface area (Å²) in [6.45, 7) is 2.43. The molecule has 0 aliphatic carbocycles. The van der Waals surface area contributed by atoms with Crippen LogP contribution in [0.3, 0.4) is 0 Å². The van der Waals surface area contributed by atoms with E-state index < -0.39 is 0 Å². The highest BCUT2D eigenvalue weighted by Gasteiger charge is 2.29. The van der Waals surface area contributed by atoms with Crippen molar-refractivity contribution in [2.75, 3.05) is 31.6 Å². The highest BCUT2D eigenvalue weighted by Crippen LogP contribution is 2.19. The predicted molar refractivity (Wildman–Crippen MR) is 85.2 cm³/mol. The zero-order valence-corrected chi connectivity index (χ0v) is 13.7. The fourth-order valence-electron chi connectivity index (χ4n) is 2.93. The molecule has 3 heterocycles. The summed E-state index contributed by atoms with van der Waals surface area (Å²) in [7, 11) is 0. The fourth-order valence-corrected chi connectivity index (χ4v) is 3.38. The Morgan fingerprint density at radius 3 is 3.04 bits per heavy atom. The summed E-state index contributed by atoms with van der Waals surface area (Å²) in [4.78, 5) is 26.2. The standard InChI is InChI=1S/C14H21N5O3S/c20-12(17-13-18-16-9-23-13)10-3-1-5-19(8-10)14(21)15-7-11-4-2-6-22-11/h9-11H,1-8H2,(H,15,21)(H,17,18,20)/t10-,11-/m0/s1. The summed E-state index contributed by atoms with van der Waals surface area (Å²) in [5, 5.41) is 13.7. The summed E-state index contributed by atoms with van der Waals surface area (Å²) in [6, 6.07) is -0.117. The van der Waals surface area contributed by atoms with Crippen LogP contribution in [0.15, 0.2) is 5.51 Å². The van der Waals surface area contributed by atoms with Crippen LogP contribution in [-0.4, -0.2) is 59.4 Å². The smallest absolute Gasteiger partial charge is 0.317 e. The summed E-state index contributed by atoms with van der Waals surface area (Å²) in [5.74, 6) is -0.306. The molecule has 3 rings (SSSR count). The van der Waals surface area contributed by atoms with E-state index in [4.69, 9.17) is 4.74 Å². The molecule has 0 spiro atoms. The van der Waals surface area contributed by atoms with Crippen LogP contribution < -0.4 is 10.6 Å². The van der Waals surface area contributed by atoms with Gasteiger partial charge in [-0.1, -0.05) is 11.3 Å². The van der Waals surface area contributed by atoms with Crippen LogP contribution in [0.2, 0.25) is 0 Å². The maximum atomic E-state index is 12.3.